The van der Waals surface area contributed by atoms with Gasteiger partial charge >= 0.3 is 6.09 Å². The Morgan fingerprint density at radius 1 is 1.04 bits per heavy atom. The van der Waals surface area contributed by atoms with Gasteiger partial charge in [-0.15, -0.1) is 0 Å². The molecule has 0 radical (unpaired) electrons. The number of aromatic nitrogens is 3. The van der Waals surface area contributed by atoms with Crippen molar-refractivity contribution in [2.45, 2.75) is 44.4 Å². The Hall–Kier alpha value is -4.60. The van der Waals surface area contributed by atoms with Crippen LogP contribution >= 0.6 is 11.6 Å². The van der Waals surface area contributed by atoms with Crippen LogP contribution in [0.2, 0.25) is 5.02 Å². The van der Waals surface area contributed by atoms with Crippen molar-refractivity contribution in [3.63, 3.8) is 0 Å². The van der Waals surface area contributed by atoms with E-state index in [1.165, 1.54) is 7.11 Å². The highest BCUT2D eigenvalue weighted by Gasteiger charge is 2.26. The van der Waals surface area contributed by atoms with Gasteiger partial charge in [-0.05, 0) is 53.8 Å². The van der Waals surface area contributed by atoms with E-state index < -0.39 is 16.1 Å². The third-order valence-corrected chi connectivity index (χ3v) is 9.27. The minimum Gasteiger partial charge on any atom is -0.497 e. The van der Waals surface area contributed by atoms with E-state index in [2.05, 4.69) is 36.0 Å². The van der Waals surface area contributed by atoms with E-state index in [1.807, 2.05) is 4.90 Å². The fourth-order valence-electron chi connectivity index (χ4n) is 4.88. The molecule has 0 spiro atoms. The number of anilines is 3. The minimum atomic E-state index is -4.13. The first-order valence-electron chi connectivity index (χ1n) is 15.5. The highest BCUT2D eigenvalue weighted by atomic mass is 35.5. The summed E-state index contributed by atoms with van der Waals surface area (Å²) in [7, 11) is -2.60. The maximum absolute atomic E-state index is 13.9. The van der Waals surface area contributed by atoms with E-state index in [1.54, 1.807) is 55.5 Å². The number of nitrogens with one attached hydrogen (secondary N) is 2. The predicted octanol–water partition coefficient (Wildman–Crippen LogP) is 5.59. The number of benzene rings is 2. The van der Waals surface area contributed by atoms with Crippen LogP contribution in [0.3, 0.4) is 0 Å². The molecular formula is C33H39ClN6O8S. The monoisotopic (exact) mass is 714 g/mol. The van der Waals surface area contributed by atoms with Crippen LogP contribution < -0.4 is 24.4 Å². The smallest absolute Gasteiger partial charge is 0.414 e. The van der Waals surface area contributed by atoms with E-state index in [4.69, 9.17) is 45.0 Å². The van der Waals surface area contributed by atoms with Gasteiger partial charge in [-0.25, -0.2) is 13.2 Å². The summed E-state index contributed by atoms with van der Waals surface area (Å²) in [6.07, 6.45) is -0.701. The van der Waals surface area contributed by atoms with E-state index >= 15 is 0 Å². The molecule has 2 aromatic carbocycles. The van der Waals surface area contributed by atoms with Crippen molar-refractivity contribution >= 4 is 45.4 Å². The molecule has 0 saturated carbocycles. The van der Waals surface area contributed by atoms with Crippen molar-refractivity contribution < 1.29 is 36.7 Å². The second-order valence-corrected chi connectivity index (χ2v) is 14.3. The average Bonchev–Trinajstić information content (AvgIpc) is 3.48. The van der Waals surface area contributed by atoms with Crippen LogP contribution in [0.15, 0.2) is 57.9 Å². The topological polar surface area (TPSA) is 167 Å². The minimum absolute atomic E-state index is 0.00428. The molecule has 1 saturated heterocycles. The summed E-state index contributed by atoms with van der Waals surface area (Å²) in [6.45, 7) is 9.41. The SMILES string of the molecule is COc1ccc(Cl)c(Cc2c(NS(=O)(=O)c3ccc(C(C)(C)C)cc3)nc(N3CCOCC3)nc2OCCOC(=O)Nc2cc(C)no2)c1. The van der Waals surface area contributed by atoms with Gasteiger partial charge < -0.3 is 28.4 Å². The lowest BCUT2D eigenvalue weighted by molar-refractivity contribution is 0.121. The fraction of sp³-hybridized carbons (Fsp3) is 0.394. The number of rotatable bonds is 12. The largest absolute Gasteiger partial charge is 0.497 e. The predicted molar refractivity (Wildman–Crippen MR) is 184 cm³/mol. The van der Waals surface area contributed by atoms with E-state index in [0.717, 1.165) is 5.56 Å². The van der Waals surface area contributed by atoms with Crippen molar-refractivity contribution in [3.05, 3.63) is 75.9 Å². The Bertz CT molecular complexity index is 1870. The van der Waals surface area contributed by atoms with Crippen LogP contribution in [0.5, 0.6) is 11.6 Å². The summed E-state index contributed by atoms with van der Waals surface area (Å²) >= 11 is 6.60. The maximum Gasteiger partial charge on any atom is 0.414 e. The number of sulfonamides is 1. The number of amides is 1. The number of ether oxygens (including phenoxy) is 4. The summed E-state index contributed by atoms with van der Waals surface area (Å²) < 4.78 is 57.6. The number of hydrogen-bond donors (Lipinski definition) is 2. The van der Waals surface area contributed by atoms with E-state index in [9.17, 15) is 13.2 Å². The highest BCUT2D eigenvalue weighted by Crippen LogP contribution is 2.34. The number of morpholine rings is 1. The third-order valence-electron chi connectivity index (χ3n) is 7.54. The second-order valence-electron chi connectivity index (χ2n) is 12.2. The van der Waals surface area contributed by atoms with Gasteiger partial charge in [0.15, 0.2) is 5.82 Å². The van der Waals surface area contributed by atoms with E-state index in [-0.39, 0.29) is 53.5 Å². The third kappa shape index (κ3) is 9.31. The van der Waals surface area contributed by atoms with Crippen LogP contribution in [-0.4, -0.2) is 76.3 Å². The molecule has 0 aliphatic carbocycles. The molecule has 0 atom stereocenters. The summed E-state index contributed by atoms with van der Waals surface area (Å²) in [4.78, 5) is 23.6. The molecule has 49 heavy (non-hydrogen) atoms. The second kappa shape index (κ2) is 15.3. The standard InChI is InChI=1S/C33H39ClN6O8S/c1-21-18-28(48-38-21)35-32(41)47-17-16-46-30-26(20-22-19-24(44-5)8-11-27(22)34)29(36-31(37-30)40-12-14-45-15-13-40)39-49(42,43)25-9-6-23(7-10-25)33(2,3)4/h6-11,18-19H,12-17,20H2,1-5H3,(H,35,41)(H,36,37,39). The number of methoxy groups -OCH3 is 1. The molecule has 1 aliphatic heterocycles. The zero-order valence-electron chi connectivity index (χ0n) is 27.9. The zero-order chi connectivity index (χ0) is 35.2. The average molecular weight is 715 g/mol. The first-order valence-corrected chi connectivity index (χ1v) is 17.4. The molecule has 2 aromatic heterocycles. The van der Waals surface area contributed by atoms with Gasteiger partial charge in [-0.3, -0.25) is 10.0 Å². The Kier molecular flexibility index (Phi) is 11.2. The summed E-state index contributed by atoms with van der Waals surface area (Å²) in [6, 6.07) is 13.4. The summed E-state index contributed by atoms with van der Waals surface area (Å²) in [5.74, 6) is 1.00. The Morgan fingerprint density at radius 3 is 2.43 bits per heavy atom. The van der Waals surface area contributed by atoms with Crippen LogP contribution in [0.1, 0.15) is 43.2 Å². The Labute approximate surface area is 290 Å². The maximum atomic E-state index is 13.9. The Balaban J connectivity index is 1.49. The van der Waals surface area contributed by atoms with Crippen LogP contribution in [0, 0.1) is 6.92 Å². The molecule has 16 heteroatoms. The van der Waals surface area contributed by atoms with Crippen LogP contribution in [0.25, 0.3) is 0 Å². The molecular weight excluding hydrogens is 676 g/mol. The highest BCUT2D eigenvalue weighted by molar-refractivity contribution is 7.92. The molecule has 1 aliphatic rings. The summed E-state index contributed by atoms with van der Waals surface area (Å²) in [5, 5.41) is 6.58. The Morgan fingerprint density at radius 2 is 1.78 bits per heavy atom. The molecule has 1 fully saturated rings. The first-order chi connectivity index (χ1) is 23.3. The lowest BCUT2D eigenvalue weighted by atomic mass is 9.87. The number of nitrogens with zero attached hydrogens (tertiary/aromatic N) is 4. The zero-order valence-corrected chi connectivity index (χ0v) is 29.5. The molecule has 14 nitrogen and oxygen atoms in total. The molecule has 262 valence electrons. The van der Waals surface area contributed by atoms with Crippen molar-refractivity contribution in [1.82, 2.24) is 15.1 Å². The van der Waals surface area contributed by atoms with Gasteiger partial charge in [0.2, 0.25) is 17.7 Å². The molecule has 3 heterocycles. The number of carbonyl (C=O) groups is 1. The van der Waals surface area contributed by atoms with Crippen molar-refractivity contribution in [2.24, 2.45) is 0 Å². The lowest BCUT2D eigenvalue weighted by Gasteiger charge is -2.28. The van der Waals surface area contributed by atoms with Crippen LogP contribution in [0.4, 0.5) is 22.4 Å². The van der Waals surface area contributed by atoms with Crippen molar-refractivity contribution in [3.8, 4) is 11.6 Å². The van der Waals surface area contributed by atoms with E-state index in [0.29, 0.717) is 53.9 Å². The normalized spacial score (nSPS) is 13.6. The number of halogens is 1. The molecule has 2 N–H and O–H groups in total. The molecule has 4 aromatic rings. The quantitative estimate of drug-likeness (QED) is 0.175. The number of hydrogen-bond acceptors (Lipinski definition) is 12. The molecule has 5 rings (SSSR count). The van der Waals surface area contributed by atoms with Gasteiger partial charge in [-0.1, -0.05) is 49.7 Å². The summed E-state index contributed by atoms with van der Waals surface area (Å²) in [5.41, 5.74) is 2.34. The fourth-order valence-corrected chi connectivity index (χ4v) is 6.10. The van der Waals surface area contributed by atoms with Crippen molar-refractivity contribution in [1.29, 1.82) is 0 Å². The van der Waals surface area contributed by atoms with Gasteiger partial charge in [-0.2, -0.15) is 9.97 Å². The molecule has 0 bridgehead atoms. The van der Waals surface area contributed by atoms with Gasteiger partial charge in [0.05, 0.1) is 36.5 Å². The number of aryl methyl sites for hydroxylation is 1. The molecule has 0 unspecified atom stereocenters. The van der Waals surface area contributed by atoms with Gasteiger partial charge in [0.1, 0.15) is 19.0 Å². The number of carbonyl (C=O) groups excluding carboxylic acids is 1. The van der Waals surface area contributed by atoms with Gasteiger partial charge in [0.25, 0.3) is 10.0 Å². The van der Waals surface area contributed by atoms with Gasteiger partial charge in [0, 0.05) is 30.6 Å². The molecule has 1 amide bonds. The van der Waals surface area contributed by atoms with Crippen molar-refractivity contribution in [2.75, 3.05) is 61.6 Å². The lowest BCUT2D eigenvalue weighted by Crippen LogP contribution is -2.37. The van der Waals surface area contributed by atoms with Crippen LogP contribution in [-0.2, 0) is 31.3 Å². The first kappa shape index (κ1) is 35.7.